The largest absolute Gasteiger partial charge is 0.256 e. The van der Waals surface area contributed by atoms with Crippen molar-refractivity contribution in [3.8, 4) is 0 Å². The van der Waals surface area contributed by atoms with Crippen LogP contribution in [0.15, 0.2) is 310 Å². The van der Waals surface area contributed by atoms with Gasteiger partial charge in [-0.3, -0.25) is 19.9 Å². The molecule has 0 fully saturated rings. The van der Waals surface area contributed by atoms with Gasteiger partial charge in [0.1, 0.15) is 0 Å². The number of hydrogen-bond acceptors (Lipinski definition) is 25. The number of aromatic nitrogens is 4. The first-order valence-corrected chi connectivity index (χ1v) is 45.2. The normalized spacial score (nSPS) is 9.17. The number of hydrogen-bond donors (Lipinski definition) is 14. The van der Waals surface area contributed by atoms with E-state index in [2.05, 4.69) is 222 Å². The quantitative estimate of drug-likeness (QED) is 0.0400. The van der Waals surface area contributed by atoms with Crippen LogP contribution in [0.4, 0.5) is 9.59 Å². The van der Waals surface area contributed by atoms with Gasteiger partial charge in [-0.15, -0.1) is 0 Å². The molecule has 0 saturated carbocycles. The summed E-state index contributed by atoms with van der Waals surface area (Å²) in [6.07, 6.45) is 7.46. The van der Waals surface area contributed by atoms with E-state index in [0.717, 1.165) is 34.9 Å². The Morgan fingerprint density at radius 1 is 0.279 bits per heavy atom. The molecule has 0 aliphatic carbocycles. The van der Waals surface area contributed by atoms with Crippen molar-refractivity contribution in [3.05, 3.63) is 373 Å². The minimum atomic E-state index is -1.75. The van der Waals surface area contributed by atoms with Crippen molar-refractivity contribution in [3.63, 3.8) is 0 Å². The van der Waals surface area contributed by atoms with Gasteiger partial charge in [-0.2, -0.15) is 0 Å². The SMILES string of the molecule is CC(C)(C)CC(C)(C)NC(=O)O.CC(C)(C)CC(C)(C)NC(=O)O.N.N.N.N.N.N.N.O.O.O.O=C(O)c1ccccc1.O=C(O)c1ccccc1.O=C(O)c1ccccc1.O=[N+]([O-])[O-].O=[N+]([O-])[O-].O=[N+]([O-])[O-].[Cl][Pt].[Cl][Pt].[Cl][Pt].[Pt].c1ccc2c(c1)cnc1ccccc12.c1ccc2c(c1)cnc1ccccc12.c1ccc2c(c1)cnc1ccccc12.c1ccc2c(c1)cnc1ccccc12. The minimum absolute atomic E-state index is 0. The Bertz CT molecular complexity index is 4990. The van der Waals surface area contributed by atoms with Gasteiger partial charge in [0, 0.05) is 100 Å². The molecule has 0 atom stereocenters. The third-order valence-corrected chi connectivity index (χ3v) is 15.9. The molecule has 0 unspecified atom stereocenters. The predicted molar refractivity (Wildman–Crippen MR) is 530 cm³/mol. The number of amides is 2. The van der Waals surface area contributed by atoms with E-state index in [9.17, 15) is 24.0 Å². The third kappa shape index (κ3) is 61.7. The second-order valence-corrected chi connectivity index (χ2v) is 29.2. The van der Waals surface area contributed by atoms with Gasteiger partial charge in [-0.05, 0) is 134 Å². The van der Waals surface area contributed by atoms with Crippen molar-refractivity contribution in [2.75, 3.05) is 0 Å². The van der Waals surface area contributed by atoms with Gasteiger partial charge in [-0.25, -0.2) is 24.0 Å². The van der Waals surface area contributed by atoms with Crippen LogP contribution in [-0.2, 0) is 77.4 Å². The standard InChI is InChI=1S/4C13H9N.2C9H19NO2.3C7H6O2.3ClH.3NO3.7H3N.3H2O.4Pt/c4*1-2-6-11-10(5-1)9-14-13-8-4-3-7-12(11)13;2*1-8(2,3)6-9(4,5)10-7(11)12;3*8-7(9)6-4-2-1-3-5-6;;;;3*2-1(3)4;;;;;;;;;;;;;;/h4*1-9H;2*10H,6H2,1-5H3,(H,11,12);3*1-5H,(H,8,9);3*1H;;;;7*1H3;3*1H2;;;;/q;;;;;;;;;;;;3*-1;;;;;;;;;;;;3*+1/p-3. The molecule has 45 heteroatoms. The maximum Gasteiger partial charge on any atom is 0.0708 e. The molecule has 136 heavy (non-hydrogen) atoms. The molecule has 15 aromatic rings. The summed E-state index contributed by atoms with van der Waals surface area (Å²) in [5.74, 6) is -2.64. The summed E-state index contributed by atoms with van der Waals surface area (Å²) in [5, 5.41) is 106. The molecule has 4 heterocycles. The number of nitrogens with one attached hydrogen (secondary N) is 2. The van der Waals surface area contributed by atoms with Crippen LogP contribution >= 0.6 is 28.3 Å². The minimum Gasteiger partial charge on any atom is -0.256 e. The number of rotatable bonds is 7. The van der Waals surface area contributed by atoms with E-state index in [1.165, 1.54) is 64.6 Å². The van der Waals surface area contributed by atoms with Crippen LogP contribution in [0.1, 0.15) is 113 Å². The fourth-order valence-corrected chi connectivity index (χ4v) is 12.3. The summed E-state index contributed by atoms with van der Waals surface area (Å²) in [6, 6.07) is 91.1. The second-order valence-electron chi connectivity index (χ2n) is 29.2. The Labute approximate surface area is 846 Å². The van der Waals surface area contributed by atoms with Crippen LogP contribution in [0.3, 0.4) is 0 Å². The van der Waals surface area contributed by atoms with Gasteiger partial charge in [0.25, 0.3) is 0 Å². The van der Waals surface area contributed by atoms with Gasteiger partial charge in [0.2, 0.25) is 0 Å². The zero-order valence-electron chi connectivity index (χ0n) is 75.8. The zero-order chi connectivity index (χ0) is 94.3. The van der Waals surface area contributed by atoms with Crippen molar-refractivity contribution < 1.29 is 159 Å². The molecule has 15 rings (SSSR count). The van der Waals surface area contributed by atoms with Gasteiger partial charge < -0.3 is 142 Å². The van der Waals surface area contributed by atoms with Crippen LogP contribution < -0.4 is 53.7 Å². The molecular formula is C91H119Cl3N16O22Pt4-3. The first-order chi connectivity index (χ1) is 59.2. The number of carboxylic acid groups (broad SMARTS) is 5. The van der Waals surface area contributed by atoms with Crippen molar-refractivity contribution >= 4 is 145 Å². The van der Waals surface area contributed by atoms with Crippen molar-refractivity contribution in [1.82, 2.24) is 73.6 Å². The Morgan fingerprint density at radius 3 is 0.559 bits per heavy atom. The van der Waals surface area contributed by atoms with Crippen molar-refractivity contribution in [2.24, 2.45) is 10.8 Å². The molecule has 0 saturated heterocycles. The monoisotopic (exact) mass is 2670 g/mol. The molecule has 2 amide bonds. The average Bonchev–Trinajstić information content (AvgIpc) is 0.811. The van der Waals surface area contributed by atoms with Gasteiger partial charge in [-0.1, -0.05) is 266 Å². The average molecular weight is 2680 g/mol. The third-order valence-electron chi connectivity index (χ3n) is 15.9. The number of carbonyl (C=O) groups is 5. The van der Waals surface area contributed by atoms with E-state index in [1.807, 2.05) is 125 Å². The molecule has 38 nitrogen and oxygen atoms in total. The number of fused-ring (bicyclic) bond motifs is 12. The predicted octanol–water partition coefficient (Wildman–Crippen LogP) is 22.6. The Kier molecular flexibility index (Phi) is 85.4. The molecule has 0 bridgehead atoms. The number of para-hydroxylation sites is 4. The molecule has 0 aliphatic heterocycles. The zero-order valence-corrected chi connectivity index (χ0v) is 87.1. The summed E-state index contributed by atoms with van der Waals surface area (Å²) in [7, 11) is 13.8. The topological polar surface area (TPSA) is 800 Å². The summed E-state index contributed by atoms with van der Waals surface area (Å²) in [4.78, 5) is 93.8. The van der Waals surface area contributed by atoms with Crippen LogP contribution in [0.25, 0.3) is 86.7 Å². The van der Waals surface area contributed by atoms with Gasteiger partial charge in [0.15, 0.2) is 0 Å². The first-order valence-electron chi connectivity index (χ1n) is 36.7. The van der Waals surface area contributed by atoms with E-state index < -0.39 is 45.4 Å². The molecule has 0 aliphatic rings. The van der Waals surface area contributed by atoms with E-state index >= 15 is 0 Å². The Hall–Kier alpha value is -12.1. The first kappa shape index (κ1) is 147. The number of halogens is 3. The van der Waals surface area contributed by atoms with Crippen LogP contribution in [-0.4, -0.2) is 118 Å². The van der Waals surface area contributed by atoms with Gasteiger partial charge in [0.05, 0.1) is 54.0 Å². The molecular weight excluding hydrogens is 2560 g/mol. The molecule has 11 aromatic carbocycles. The molecule has 34 N–H and O–H groups in total. The Morgan fingerprint density at radius 2 is 0.419 bits per heavy atom. The maximum atomic E-state index is 10.4. The number of nitrogens with zero attached hydrogens (tertiary/aromatic N) is 7. The van der Waals surface area contributed by atoms with E-state index in [-0.39, 0.29) is 102 Å². The summed E-state index contributed by atoms with van der Waals surface area (Å²) in [6.45, 7) is 20.2. The van der Waals surface area contributed by atoms with Crippen LogP contribution in [0.2, 0.25) is 0 Å². The summed E-state index contributed by atoms with van der Waals surface area (Å²) < 4.78 is 0. The summed E-state index contributed by atoms with van der Waals surface area (Å²) >= 11 is 4.83. The van der Waals surface area contributed by atoms with Crippen LogP contribution in [0, 0.1) is 56.8 Å². The molecule has 759 valence electrons. The summed E-state index contributed by atoms with van der Waals surface area (Å²) in [5.41, 5.74) is 4.84. The second kappa shape index (κ2) is 79.1. The number of pyridine rings is 4. The molecule has 0 spiro atoms. The fraction of sp³-hybridized carbons (Fsp3) is 0.176. The Balaban J connectivity index is -0.000000140. The van der Waals surface area contributed by atoms with Gasteiger partial charge >= 0.3 is 115 Å². The fourth-order valence-electron chi connectivity index (χ4n) is 12.3. The van der Waals surface area contributed by atoms with E-state index in [1.54, 1.807) is 147 Å². The van der Waals surface area contributed by atoms with Crippen LogP contribution in [0.5, 0.6) is 0 Å². The molecule has 0 radical (unpaired) electrons. The van der Waals surface area contributed by atoms with Crippen molar-refractivity contribution in [1.29, 1.82) is 0 Å². The van der Waals surface area contributed by atoms with E-state index in [4.69, 9.17) is 71.5 Å². The number of aromatic carboxylic acids is 3. The van der Waals surface area contributed by atoms with Crippen molar-refractivity contribution in [2.45, 2.75) is 93.2 Å². The molecule has 4 aromatic heterocycles. The van der Waals surface area contributed by atoms with E-state index in [0.29, 0.717) is 16.7 Å². The number of carboxylic acids is 3. The maximum absolute atomic E-state index is 10.4. The smallest absolute Gasteiger partial charge is 0.0708 e. The number of benzene rings is 11.